The average molecular weight is 214 g/mol. The van der Waals surface area contributed by atoms with Crippen molar-refractivity contribution in [3.8, 4) is 0 Å². The van der Waals surface area contributed by atoms with Gasteiger partial charge in [-0.3, -0.25) is 0 Å². The lowest BCUT2D eigenvalue weighted by Crippen LogP contribution is -1.92. The van der Waals surface area contributed by atoms with Crippen LogP contribution in [0.2, 0.25) is 0 Å². The summed E-state index contributed by atoms with van der Waals surface area (Å²) in [6, 6.07) is 0. The van der Waals surface area contributed by atoms with Crippen molar-refractivity contribution in [1.29, 1.82) is 0 Å². The Labute approximate surface area is 99.8 Å². The molecule has 0 aromatic heterocycles. The molecule has 0 fully saturated rings. The van der Waals surface area contributed by atoms with Gasteiger partial charge in [0.2, 0.25) is 0 Å². The van der Waals surface area contributed by atoms with E-state index < -0.39 is 0 Å². The van der Waals surface area contributed by atoms with E-state index in [0.29, 0.717) is 0 Å². The second kappa shape index (κ2) is 7.05. The van der Waals surface area contributed by atoms with Crippen LogP contribution in [0.25, 0.3) is 0 Å². The highest BCUT2D eigenvalue weighted by Gasteiger charge is 2.04. The average Bonchev–Trinajstić information content (AvgIpc) is 2.34. The van der Waals surface area contributed by atoms with Crippen LogP contribution in [-0.4, -0.2) is 0 Å². The van der Waals surface area contributed by atoms with Gasteiger partial charge in [-0.15, -0.1) is 0 Å². The molecule has 0 bridgehead atoms. The van der Waals surface area contributed by atoms with E-state index in [4.69, 9.17) is 0 Å². The van der Waals surface area contributed by atoms with Crippen molar-refractivity contribution in [2.45, 2.75) is 39.5 Å². The lowest BCUT2D eigenvalue weighted by Gasteiger charge is -2.12. The van der Waals surface area contributed by atoms with E-state index in [2.05, 4.69) is 56.9 Å². The molecule has 0 aliphatic heterocycles. The summed E-state index contributed by atoms with van der Waals surface area (Å²) in [6.45, 7) is 8.50. The Hall–Kier alpha value is -1.30. The fraction of sp³-hybridized carbons (Fsp3) is 0.375. The van der Waals surface area contributed by atoms with Gasteiger partial charge in [-0.1, -0.05) is 56.4 Å². The zero-order valence-corrected chi connectivity index (χ0v) is 10.5. The van der Waals surface area contributed by atoms with Crippen LogP contribution in [0, 0.1) is 0 Å². The number of allylic oxidation sites excluding steroid dienone is 9. The lowest BCUT2D eigenvalue weighted by atomic mass is 9.93. The number of rotatable bonds is 5. The molecule has 1 rings (SSSR count). The molecule has 0 unspecified atom stereocenters. The van der Waals surface area contributed by atoms with E-state index in [-0.39, 0.29) is 0 Å². The van der Waals surface area contributed by atoms with Crippen molar-refractivity contribution in [2.24, 2.45) is 0 Å². The number of hydrogen-bond donors (Lipinski definition) is 0. The molecule has 0 atom stereocenters. The minimum absolute atomic E-state index is 1.12. The van der Waals surface area contributed by atoms with Crippen molar-refractivity contribution in [3.05, 3.63) is 59.8 Å². The zero-order valence-electron chi connectivity index (χ0n) is 10.5. The molecule has 0 heterocycles. The maximum Gasteiger partial charge on any atom is -0.0238 e. The molecule has 0 radical (unpaired) electrons. The SMILES string of the molecule is C=C(C1=CC=CCC1)/C(C)=C/C=C\CCC. The first kappa shape index (κ1) is 12.8. The summed E-state index contributed by atoms with van der Waals surface area (Å²) in [5, 5.41) is 0. The molecule has 0 amide bonds. The topological polar surface area (TPSA) is 0 Å². The van der Waals surface area contributed by atoms with Crippen LogP contribution in [0.4, 0.5) is 0 Å². The molecule has 16 heavy (non-hydrogen) atoms. The van der Waals surface area contributed by atoms with Crippen molar-refractivity contribution in [3.63, 3.8) is 0 Å². The van der Waals surface area contributed by atoms with Crippen molar-refractivity contribution < 1.29 is 0 Å². The molecule has 0 aromatic carbocycles. The maximum atomic E-state index is 4.17. The molecule has 1 aliphatic carbocycles. The highest BCUT2D eigenvalue weighted by molar-refractivity contribution is 5.47. The van der Waals surface area contributed by atoms with Crippen LogP contribution < -0.4 is 0 Å². The molecule has 0 nitrogen and oxygen atoms in total. The van der Waals surface area contributed by atoms with E-state index in [9.17, 15) is 0 Å². The Morgan fingerprint density at radius 2 is 2.31 bits per heavy atom. The first-order valence-corrected chi connectivity index (χ1v) is 6.14. The van der Waals surface area contributed by atoms with E-state index in [0.717, 1.165) is 19.3 Å². The predicted molar refractivity (Wildman–Crippen MR) is 73.4 cm³/mol. The highest BCUT2D eigenvalue weighted by atomic mass is 14.1. The normalized spacial score (nSPS) is 16.6. The minimum atomic E-state index is 1.12. The molecular formula is C16H22. The van der Waals surface area contributed by atoms with Gasteiger partial charge in [-0.05, 0) is 42.9 Å². The van der Waals surface area contributed by atoms with Crippen LogP contribution in [0.1, 0.15) is 39.5 Å². The monoisotopic (exact) mass is 214 g/mol. The fourth-order valence-corrected chi connectivity index (χ4v) is 1.68. The van der Waals surface area contributed by atoms with Gasteiger partial charge in [0.25, 0.3) is 0 Å². The van der Waals surface area contributed by atoms with Gasteiger partial charge in [-0.2, -0.15) is 0 Å². The Kier molecular flexibility index (Phi) is 5.63. The Morgan fingerprint density at radius 1 is 1.50 bits per heavy atom. The van der Waals surface area contributed by atoms with Gasteiger partial charge in [-0.25, -0.2) is 0 Å². The third kappa shape index (κ3) is 4.06. The molecule has 0 spiro atoms. The Morgan fingerprint density at radius 3 is 2.94 bits per heavy atom. The molecule has 0 heteroatoms. The second-order valence-corrected chi connectivity index (χ2v) is 4.20. The van der Waals surface area contributed by atoms with Gasteiger partial charge in [0, 0.05) is 0 Å². The van der Waals surface area contributed by atoms with Gasteiger partial charge in [0.15, 0.2) is 0 Å². The van der Waals surface area contributed by atoms with Crippen molar-refractivity contribution >= 4 is 0 Å². The molecular weight excluding hydrogens is 192 g/mol. The summed E-state index contributed by atoms with van der Waals surface area (Å²) in [5.41, 5.74) is 3.83. The zero-order chi connectivity index (χ0) is 11.8. The molecule has 1 aliphatic rings. The predicted octanol–water partition coefficient (Wildman–Crippen LogP) is 5.12. The molecule has 0 saturated carbocycles. The Balaban J connectivity index is 2.59. The number of unbranched alkanes of at least 4 members (excludes halogenated alkanes) is 1. The molecule has 0 aromatic rings. The lowest BCUT2D eigenvalue weighted by molar-refractivity contribution is 0.958. The van der Waals surface area contributed by atoms with Crippen LogP contribution >= 0.6 is 0 Å². The standard InChI is InChI=1S/C16H22/c1-4-5-6-8-11-14(2)15(3)16-12-9-7-10-13-16/h6-9,11-12H,3-5,10,13H2,1-2H3/b8-6-,14-11+. The van der Waals surface area contributed by atoms with E-state index in [1.165, 1.54) is 23.1 Å². The summed E-state index contributed by atoms with van der Waals surface area (Å²) in [6.07, 6.45) is 17.7. The van der Waals surface area contributed by atoms with Crippen molar-refractivity contribution in [1.82, 2.24) is 0 Å². The largest absolute Gasteiger partial charge is 0.0912 e. The van der Waals surface area contributed by atoms with Gasteiger partial charge >= 0.3 is 0 Å². The van der Waals surface area contributed by atoms with Gasteiger partial charge < -0.3 is 0 Å². The summed E-state index contributed by atoms with van der Waals surface area (Å²) < 4.78 is 0. The molecule has 0 N–H and O–H groups in total. The van der Waals surface area contributed by atoms with E-state index in [1.807, 2.05) is 0 Å². The van der Waals surface area contributed by atoms with Crippen molar-refractivity contribution in [2.75, 3.05) is 0 Å². The van der Waals surface area contributed by atoms with E-state index in [1.54, 1.807) is 0 Å². The van der Waals surface area contributed by atoms with Crippen LogP contribution in [0.15, 0.2) is 59.8 Å². The Bertz CT molecular complexity index is 348. The third-order valence-corrected chi connectivity index (χ3v) is 2.82. The third-order valence-electron chi connectivity index (χ3n) is 2.82. The molecule has 86 valence electrons. The smallest absolute Gasteiger partial charge is 0.0238 e. The summed E-state index contributed by atoms with van der Waals surface area (Å²) in [5.74, 6) is 0. The van der Waals surface area contributed by atoms with Crippen LogP contribution in [0.3, 0.4) is 0 Å². The van der Waals surface area contributed by atoms with Crippen LogP contribution in [-0.2, 0) is 0 Å². The van der Waals surface area contributed by atoms with Gasteiger partial charge in [0.05, 0.1) is 0 Å². The maximum absolute atomic E-state index is 4.17. The van der Waals surface area contributed by atoms with E-state index >= 15 is 0 Å². The summed E-state index contributed by atoms with van der Waals surface area (Å²) in [7, 11) is 0. The molecule has 0 saturated heterocycles. The van der Waals surface area contributed by atoms with Gasteiger partial charge in [0.1, 0.15) is 0 Å². The van der Waals surface area contributed by atoms with Crippen LogP contribution in [0.5, 0.6) is 0 Å². The summed E-state index contributed by atoms with van der Waals surface area (Å²) >= 11 is 0. The quantitative estimate of drug-likeness (QED) is 0.557. The number of hydrogen-bond acceptors (Lipinski definition) is 0. The minimum Gasteiger partial charge on any atom is -0.0912 e. The summed E-state index contributed by atoms with van der Waals surface area (Å²) in [4.78, 5) is 0. The first-order chi connectivity index (χ1) is 7.75. The highest BCUT2D eigenvalue weighted by Crippen LogP contribution is 2.24. The second-order valence-electron chi connectivity index (χ2n) is 4.20. The first-order valence-electron chi connectivity index (χ1n) is 6.14. The fourth-order valence-electron chi connectivity index (χ4n) is 1.68.